The van der Waals surface area contributed by atoms with Crippen molar-refractivity contribution in [3.63, 3.8) is 0 Å². The van der Waals surface area contributed by atoms with Crippen LogP contribution in [-0.4, -0.2) is 73.1 Å². The van der Waals surface area contributed by atoms with Crippen LogP contribution < -0.4 is 5.32 Å². The molecule has 0 saturated heterocycles. The quantitative estimate of drug-likeness (QED) is 0.268. The zero-order valence-corrected chi connectivity index (χ0v) is 9.26. The second-order valence-corrected chi connectivity index (χ2v) is 3.33. The first-order valence-electron chi connectivity index (χ1n) is 2.83. The summed E-state index contributed by atoms with van der Waals surface area (Å²) in [4.78, 5) is 0. The van der Waals surface area contributed by atoms with Crippen LogP contribution in [0.15, 0.2) is 0 Å². The van der Waals surface area contributed by atoms with Crippen LogP contribution in [0.2, 0.25) is 0 Å². The Morgan fingerprint density at radius 3 is 2.18 bits per heavy atom. The van der Waals surface area contributed by atoms with Crippen LogP contribution in [0.3, 0.4) is 0 Å². The molecule has 0 fully saturated rings. The van der Waals surface area contributed by atoms with Gasteiger partial charge in [0.05, 0.1) is 12.4 Å². The van der Waals surface area contributed by atoms with Crippen molar-refractivity contribution in [1.29, 1.82) is 0 Å². The molecule has 0 aliphatic carbocycles. The Hall–Kier alpha value is 0.830. The summed E-state index contributed by atoms with van der Waals surface area (Å²) < 4.78 is 28.3. The van der Waals surface area contributed by atoms with E-state index in [1.807, 2.05) is 0 Å². The SMILES string of the molecule is O=S(=O)(O)CCNCCO.[Na]. The van der Waals surface area contributed by atoms with Crippen LogP contribution in [0, 0.1) is 0 Å². The zero-order chi connectivity index (χ0) is 8.04. The molecule has 0 unspecified atom stereocenters. The van der Waals surface area contributed by atoms with E-state index in [0.717, 1.165) is 0 Å². The van der Waals surface area contributed by atoms with Crippen molar-refractivity contribution in [2.75, 3.05) is 25.4 Å². The standard InChI is InChI=1S/C4H11NO4S.Na/c6-3-1-5-2-4-10(7,8)9;/h5-6H,1-4H2,(H,7,8,9);. The van der Waals surface area contributed by atoms with E-state index in [4.69, 9.17) is 9.66 Å². The van der Waals surface area contributed by atoms with Crippen molar-refractivity contribution in [3.8, 4) is 0 Å². The molecule has 0 aliphatic rings. The Balaban J connectivity index is 0. The number of rotatable bonds is 5. The molecule has 3 N–H and O–H groups in total. The summed E-state index contributed by atoms with van der Waals surface area (Å²) in [7, 11) is -3.85. The third-order valence-corrected chi connectivity index (χ3v) is 1.55. The molecule has 0 amide bonds. The molecule has 5 nitrogen and oxygen atoms in total. The molecule has 0 heterocycles. The van der Waals surface area contributed by atoms with E-state index in [9.17, 15) is 8.42 Å². The van der Waals surface area contributed by atoms with E-state index >= 15 is 0 Å². The number of aliphatic hydroxyl groups excluding tert-OH is 1. The van der Waals surface area contributed by atoms with Crippen molar-refractivity contribution >= 4 is 39.7 Å². The molecular formula is C4H11NNaO4S. The summed E-state index contributed by atoms with van der Waals surface area (Å²) in [6.07, 6.45) is 0. The normalized spacial score (nSPS) is 10.7. The molecule has 7 heteroatoms. The molecule has 1 radical (unpaired) electrons. The van der Waals surface area contributed by atoms with Crippen molar-refractivity contribution in [2.45, 2.75) is 0 Å². The number of hydrogen-bond donors (Lipinski definition) is 3. The maximum Gasteiger partial charge on any atom is 0.266 e. The molecule has 0 aromatic carbocycles. The van der Waals surface area contributed by atoms with Gasteiger partial charge in [0.2, 0.25) is 0 Å². The first-order chi connectivity index (χ1) is 4.56. The molecule has 63 valence electrons. The van der Waals surface area contributed by atoms with Crippen LogP contribution in [0.25, 0.3) is 0 Å². The Bertz CT molecular complexity index is 169. The van der Waals surface area contributed by atoms with Crippen molar-refractivity contribution in [1.82, 2.24) is 5.32 Å². The van der Waals surface area contributed by atoms with Crippen molar-refractivity contribution < 1.29 is 18.1 Å². The number of hydrogen-bond acceptors (Lipinski definition) is 4. The van der Waals surface area contributed by atoms with Gasteiger partial charge in [-0.25, -0.2) is 0 Å². The Labute approximate surface area is 88.2 Å². The van der Waals surface area contributed by atoms with Gasteiger partial charge in [-0.1, -0.05) is 0 Å². The fourth-order valence-electron chi connectivity index (χ4n) is 0.405. The smallest absolute Gasteiger partial charge is 0.266 e. The largest absolute Gasteiger partial charge is 0.395 e. The van der Waals surface area contributed by atoms with Crippen LogP contribution >= 0.6 is 0 Å². The van der Waals surface area contributed by atoms with Gasteiger partial charge in [-0.15, -0.1) is 0 Å². The fourth-order valence-corrected chi connectivity index (χ4v) is 0.807. The van der Waals surface area contributed by atoms with Gasteiger partial charge < -0.3 is 10.4 Å². The molecule has 0 atom stereocenters. The Morgan fingerprint density at radius 1 is 1.27 bits per heavy atom. The molecule has 11 heavy (non-hydrogen) atoms. The Kier molecular flexibility index (Phi) is 9.76. The molecule has 0 aromatic heterocycles. The Morgan fingerprint density at radius 2 is 1.82 bits per heavy atom. The summed E-state index contributed by atoms with van der Waals surface area (Å²) in [5.41, 5.74) is 0. The van der Waals surface area contributed by atoms with Crippen molar-refractivity contribution in [3.05, 3.63) is 0 Å². The van der Waals surface area contributed by atoms with E-state index in [-0.39, 0.29) is 48.5 Å². The molecule has 0 spiro atoms. The van der Waals surface area contributed by atoms with E-state index in [1.54, 1.807) is 0 Å². The minimum atomic E-state index is -3.85. The summed E-state index contributed by atoms with van der Waals surface area (Å²) in [5.74, 6) is -0.312. The second-order valence-electron chi connectivity index (χ2n) is 1.76. The van der Waals surface area contributed by atoms with Gasteiger partial charge in [0.1, 0.15) is 0 Å². The van der Waals surface area contributed by atoms with Gasteiger partial charge >= 0.3 is 0 Å². The average Bonchev–Trinajstić information content (AvgIpc) is 1.78. The fraction of sp³-hybridized carbons (Fsp3) is 1.00. The molecule has 0 rings (SSSR count). The maximum atomic E-state index is 10.0. The van der Waals surface area contributed by atoms with Crippen LogP contribution in [-0.2, 0) is 10.1 Å². The second kappa shape index (κ2) is 7.48. The van der Waals surface area contributed by atoms with E-state index in [2.05, 4.69) is 5.32 Å². The topological polar surface area (TPSA) is 86.6 Å². The third-order valence-electron chi connectivity index (χ3n) is 0.825. The molecule has 0 saturated carbocycles. The van der Waals surface area contributed by atoms with Crippen molar-refractivity contribution in [2.24, 2.45) is 0 Å². The van der Waals surface area contributed by atoms with Gasteiger partial charge in [0, 0.05) is 42.6 Å². The predicted octanol–water partition coefficient (Wildman–Crippen LogP) is -1.92. The average molecular weight is 192 g/mol. The van der Waals surface area contributed by atoms with Crippen LogP contribution in [0.4, 0.5) is 0 Å². The monoisotopic (exact) mass is 192 g/mol. The van der Waals surface area contributed by atoms with Gasteiger partial charge in [0.15, 0.2) is 0 Å². The zero-order valence-electron chi connectivity index (χ0n) is 6.45. The van der Waals surface area contributed by atoms with E-state index < -0.39 is 10.1 Å². The molecule has 0 aromatic rings. The van der Waals surface area contributed by atoms with E-state index in [1.165, 1.54) is 0 Å². The van der Waals surface area contributed by atoms with Gasteiger partial charge in [-0.2, -0.15) is 8.42 Å². The van der Waals surface area contributed by atoms with Gasteiger partial charge in [-0.3, -0.25) is 4.55 Å². The minimum Gasteiger partial charge on any atom is -0.395 e. The van der Waals surface area contributed by atoms with Gasteiger partial charge in [-0.05, 0) is 0 Å². The van der Waals surface area contributed by atoms with E-state index in [0.29, 0.717) is 6.54 Å². The summed E-state index contributed by atoms with van der Waals surface area (Å²) >= 11 is 0. The summed E-state index contributed by atoms with van der Waals surface area (Å²) in [6.45, 7) is 0.473. The third kappa shape index (κ3) is 13.8. The predicted molar refractivity (Wildman–Crippen MR) is 42.1 cm³/mol. The first kappa shape index (κ1) is 14.4. The molecule has 0 aliphatic heterocycles. The first-order valence-corrected chi connectivity index (χ1v) is 4.44. The van der Waals surface area contributed by atoms with Gasteiger partial charge in [0.25, 0.3) is 10.1 Å². The number of nitrogens with one attached hydrogen (secondary N) is 1. The molecule has 0 bridgehead atoms. The van der Waals surface area contributed by atoms with Crippen LogP contribution in [0.1, 0.15) is 0 Å². The molecular weight excluding hydrogens is 181 g/mol. The number of aliphatic hydroxyl groups is 1. The summed E-state index contributed by atoms with van der Waals surface area (Å²) in [5, 5.41) is 10.8. The maximum absolute atomic E-state index is 10.0. The summed E-state index contributed by atoms with van der Waals surface area (Å²) in [6, 6.07) is 0. The van der Waals surface area contributed by atoms with Crippen LogP contribution in [0.5, 0.6) is 0 Å². The minimum absolute atomic E-state index is 0.